The van der Waals surface area contributed by atoms with Crippen LogP contribution in [0.2, 0.25) is 0 Å². The standard InChI is InChI=1S/C16H17BrN2O2/c1-3-14-13(16(20)21-4-2)10-18-15(19-14)9-11-5-7-12(17)8-6-11/h5-8,10H,3-4,9H2,1-2H3. The average molecular weight is 349 g/mol. The Morgan fingerprint density at radius 3 is 2.57 bits per heavy atom. The molecule has 0 unspecified atom stereocenters. The number of ether oxygens (including phenoxy) is 1. The highest BCUT2D eigenvalue weighted by molar-refractivity contribution is 9.10. The van der Waals surface area contributed by atoms with Crippen molar-refractivity contribution >= 4 is 21.9 Å². The zero-order valence-corrected chi connectivity index (χ0v) is 13.7. The topological polar surface area (TPSA) is 52.1 Å². The first-order chi connectivity index (χ1) is 10.1. The van der Waals surface area contributed by atoms with E-state index in [1.54, 1.807) is 13.1 Å². The van der Waals surface area contributed by atoms with Crippen molar-refractivity contribution in [2.24, 2.45) is 0 Å². The summed E-state index contributed by atoms with van der Waals surface area (Å²) in [6.45, 7) is 4.10. The molecule has 0 aliphatic heterocycles. The molecule has 0 amide bonds. The maximum atomic E-state index is 11.8. The summed E-state index contributed by atoms with van der Waals surface area (Å²) >= 11 is 3.41. The first-order valence-corrected chi connectivity index (χ1v) is 7.69. The lowest BCUT2D eigenvalue weighted by Gasteiger charge is -2.08. The molecule has 2 aromatic rings. The van der Waals surface area contributed by atoms with Crippen molar-refractivity contribution in [2.45, 2.75) is 26.7 Å². The molecule has 1 heterocycles. The highest BCUT2D eigenvalue weighted by Crippen LogP contribution is 2.14. The fourth-order valence-electron chi connectivity index (χ4n) is 1.98. The summed E-state index contributed by atoms with van der Waals surface area (Å²) in [4.78, 5) is 20.6. The monoisotopic (exact) mass is 348 g/mol. The Bertz CT molecular complexity index is 627. The number of aromatic nitrogens is 2. The second-order valence-electron chi connectivity index (χ2n) is 4.52. The van der Waals surface area contributed by atoms with Crippen LogP contribution in [0.3, 0.4) is 0 Å². The summed E-state index contributed by atoms with van der Waals surface area (Å²) in [5.74, 6) is 0.353. The smallest absolute Gasteiger partial charge is 0.341 e. The second kappa shape index (κ2) is 7.31. The molecule has 4 nitrogen and oxygen atoms in total. The molecular formula is C16H17BrN2O2. The van der Waals surface area contributed by atoms with Gasteiger partial charge in [-0.15, -0.1) is 0 Å². The van der Waals surface area contributed by atoms with E-state index in [2.05, 4.69) is 25.9 Å². The molecule has 5 heteroatoms. The molecule has 0 aliphatic carbocycles. The van der Waals surface area contributed by atoms with E-state index in [1.807, 2.05) is 31.2 Å². The van der Waals surface area contributed by atoms with E-state index in [0.29, 0.717) is 30.8 Å². The summed E-state index contributed by atoms with van der Waals surface area (Å²) in [5, 5.41) is 0. The lowest BCUT2D eigenvalue weighted by atomic mass is 10.1. The number of esters is 1. The molecule has 2 rings (SSSR count). The molecule has 0 bridgehead atoms. The summed E-state index contributed by atoms with van der Waals surface area (Å²) in [7, 11) is 0. The van der Waals surface area contributed by atoms with Crippen molar-refractivity contribution in [1.82, 2.24) is 9.97 Å². The molecule has 0 atom stereocenters. The fraction of sp³-hybridized carbons (Fsp3) is 0.312. The van der Waals surface area contributed by atoms with E-state index in [0.717, 1.165) is 15.7 Å². The van der Waals surface area contributed by atoms with Crippen LogP contribution in [0.4, 0.5) is 0 Å². The number of carbonyl (C=O) groups is 1. The molecule has 0 saturated heterocycles. The molecule has 0 saturated carbocycles. The SMILES string of the molecule is CCOC(=O)c1cnc(Cc2ccc(Br)cc2)nc1CC. The van der Waals surface area contributed by atoms with Gasteiger partial charge >= 0.3 is 5.97 Å². The molecule has 110 valence electrons. The van der Waals surface area contributed by atoms with Gasteiger partial charge in [0.05, 0.1) is 17.9 Å². The highest BCUT2D eigenvalue weighted by atomic mass is 79.9. The molecule has 0 radical (unpaired) electrons. The van der Waals surface area contributed by atoms with Gasteiger partial charge in [-0.1, -0.05) is 35.0 Å². The van der Waals surface area contributed by atoms with Crippen LogP contribution in [-0.4, -0.2) is 22.5 Å². The molecule has 1 aromatic heterocycles. The Kier molecular flexibility index (Phi) is 5.44. The molecule has 0 fully saturated rings. The minimum atomic E-state index is -0.357. The Hall–Kier alpha value is -1.75. The van der Waals surface area contributed by atoms with Crippen LogP contribution in [0.15, 0.2) is 34.9 Å². The van der Waals surface area contributed by atoms with E-state index < -0.39 is 0 Å². The predicted octanol–water partition coefficient (Wildman–Crippen LogP) is 3.57. The zero-order chi connectivity index (χ0) is 15.2. The maximum Gasteiger partial charge on any atom is 0.341 e. The number of nitrogens with zero attached hydrogens (tertiary/aromatic N) is 2. The van der Waals surface area contributed by atoms with Gasteiger partial charge in [-0.3, -0.25) is 0 Å². The second-order valence-corrected chi connectivity index (χ2v) is 5.44. The number of halogens is 1. The quantitative estimate of drug-likeness (QED) is 0.775. The number of benzene rings is 1. The Morgan fingerprint density at radius 2 is 1.95 bits per heavy atom. The summed E-state index contributed by atoms with van der Waals surface area (Å²) in [6, 6.07) is 8.03. The van der Waals surface area contributed by atoms with Crippen LogP contribution < -0.4 is 0 Å². The van der Waals surface area contributed by atoms with Gasteiger partial charge in [0.15, 0.2) is 0 Å². The number of aryl methyl sites for hydroxylation is 1. The fourth-order valence-corrected chi connectivity index (χ4v) is 2.24. The van der Waals surface area contributed by atoms with Crippen LogP contribution in [0.1, 0.15) is 41.3 Å². The zero-order valence-electron chi connectivity index (χ0n) is 12.1. The highest BCUT2D eigenvalue weighted by Gasteiger charge is 2.14. The Balaban J connectivity index is 2.22. The van der Waals surface area contributed by atoms with Crippen LogP contribution in [0.5, 0.6) is 0 Å². The normalized spacial score (nSPS) is 10.4. The Labute approximate surface area is 132 Å². The van der Waals surface area contributed by atoms with Gasteiger partial charge in [0, 0.05) is 17.1 Å². The molecule has 1 aromatic carbocycles. The first kappa shape index (κ1) is 15.6. The van der Waals surface area contributed by atoms with E-state index in [-0.39, 0.29) is 5.97 Å². The summed E-state index contributed by atoms with van der Waals surface area (Å²) in [6.07, 6.45) is 2.88. The summed E-state index contributed by atoms with van der Waals surface area (Å²) in [5.41, 5.74) is 2.32. The van der Waals surface area contributed by atoms with Crippen molar-refractivity contribution in [3.05, 3.63) is 57.6 Å². The van der Waals surface area contributed by atoms with Gasteiger partial charge in [-0.25, -0.2) is 14.8 Å². The number of carbonyl (C=O) groups excluding carboxylic acids is 1. The molecule has 0 spiro atoms. The van der Waals surface area contributed by atoms with E-state index >= 15 is 0 Å². The van der Waals surface area contributed by atoms with Gasteiger partial charge in [-0.2, -0.15) is 0 Å². The first-order valence-electron chi connectivity index (χ1n) is 6.90. The molecular weight excluding hydrogens is 332 g/mol. The van der Waals surface area contributed by atoms with Gasteiger partial charge in [0.25, 0.3) is 0 Å². The molecule has 0 aliphatic rings. The van der Waals surface area contributed by atoms with E-state index in [4.69, 9.17) is 4.74 Å². The third-order valence-corrected chi connectivity index (χ3v) is 3.55. The molecule has 21 heavy (non-hydrogen) atoms. The van der Waals surface area contributed by atoms with Crippen molar-refractivity contribution in [3.8, 4) is 0 Å². The van der Waals surface area contributed by atoms with Crippen LogP contribution >= 0.6 is 15.9 Å². The minimum Gasteiger partial charge on any atom is -0.462 e. The van der Waals surface area contributed by atoms with E-state index in [1.165, 1.54) is 0 Å². The number of hydrogen-bond donors (Lipinski definition) is 0. The van der Waals surface area contributed by atoms with Gasteiger partial charge in [0.1, 0.15) is 5.82 Å². The lowest BCUT2D eigenvalue weighted by Crippen LogP contribution is -2.12. The third-order valence-electron chi connectivity index (χ3n) is 3.02. The number of rotatable bonds is 5. The largest absolute Gasteiger partial charge is 0.462 e. The lowest BCUT2D eigenvalue weighted by molar-refractivity contribution is 0.0524. The van der Waals surface area contributed by atoms with Crippen molar-refractivity contribution in [2.75, 3.05) is 6.61 Å². The minimum absolute atomic E-state index is 0.350. The predicted molar refractivity (Wildman–Crippen MR) is 84.3 cm³/mol. The van der Waals surface area contributed by atoms with Crippen molar-refractivity contribution in [3.63, 3.8) is 0 Å². The van der Waals surface area contributed by atoms with Crippen LogP contribution in [-0.2, 0) is 17.6 Å². The van der Waals surface area contributed by atoms with Crippen molar-refractivity contribution < 1.29 is 9.53 Å². The van der Waals surface area contributed by atoms with Gasteiger partial charge in [0.2, 0.25) is 0 Å². The van der Waals surface area contributed by atoms with Crippen LogP contribution in [0.25, 0.3) is 0 Å². The summed E-state index contributed by atoms with van der Waals surface area (Å²) < 4.78 is 6.06. The van der Waals surface area contributed by atoms with Crippen LogP contribution in [0, 0.1) is 0 Å². The van der Waals surface area contributed by atoms with Crippen molar-refractivity contribution in [1.29, 1.82) is 0 Å². The number of hydrogen-bond acceptors (Lipinski definition) is 4. The average Bonchev–Trinajstić information content (AvgIpc) is 2.49. The van der Waals surface area contributed by atoms with E-state index in [9.17, 15) is 4.79 Å². The van der Waals surface area contributed by atoms with Gasteiger partial charge in [-0.05, 0) is 31.0 Å². The van der Waals surface area contributed by atoms with Gasteiger partial charge < -0.3 is 4.74 Å². The molecule has 0 N–H and O–H groups in total. The maximum absolute atomic E-state index is 11.8. The third kappa shape index (κ3) is 4.11. The Morgan fingerprint density at radius 1 is 1.24 bits per heavy atom.